The highest BCUT2D eigenvalue weighted by atomic mass is 35.5. The molecule has 0 aliphatic carbocycles. The summed E-state index contributed by atoms with van der Waals surface area (Å²) in [7, 11) is 0. The van der Waals surface area contributed by atoms with Gasteiger partial charge in [0.2, 0.25) is 0 Å². The molecule has 0 atom stereocenters. The third-order valence-electron chi connectivity index (χ3n) is 1.30. The molecule has 0 aromatic carbocycles. The van der Waals surface area contributed by atoms with Crippen LogP contribution in [0.25, 0.3) is 0 Å². The van der Waals surface area contributed by atoms with Crippen LogP contribution >= 0.6 is 34.7 Å². The maximum Gasteiger partial charge on any atom is 0.156 e. The van der Waals surface area contributed by atoms with E-state index >= 15 is 0 Å². The molecule has 0 radical (unpaired) electrons. The molecule has 0 unspecified atom stereocenters. The first-order chi connectivity index (χ1) is 6.34. The Labute approximate surface area is 89.0 Å². The molecule has 0 aliphatic rings. The average Bonchev–Trinajstić information content (AvgIpc) is 2.62. The van der Waals surface area contributed by atoms with Crippen LogP contribution in [0.3, 0.4) is 0 Å². The van der Waals surface area contributed by atoms with Crippen molar-refractivity contribution in [1.29, 1.82) is 0 Å². The van der Waals surface area contributed by atoms with Gasteiger partial charge < -0.3 is 0 Å². The van der Waals surface area contributed by atoms with E-state index in [9.17, 15) is 0 Å². The minimum atomic E-state index is 0.656. The Bertz CT molecular complexity index is 372. The molecule has 2 heterocycles. The quantitative estimate of drug-likeness (QED) is 0.789. The molecule has 2 rings (SSSR count). The first kappa shape index (κ1) is 8.99. The summed E-state index contributed by atoms with van der Waals surface area (Å²) in [6.45, 7) is 0. The Morgan fingerprint density at radius 3 is 2.85 bits per heavy atom. The molecule has 0 saturated carbocycles. The van der Waals surface area contributed by atoms with E-state index in [4.69, 9.17) is 11.6 Å². The van der Waals surface area contributed by atoms with Crippen LogP contribution in [-0.4, -0.2) is 9.97 Å². The molecule has 5 heteroatoms. The predicted molar refractivity (Wildman–Crippen MR) is 55.5 cm³/mol. The second-order valence-electron chi connectivity index (χ2n) is 2.21. The Balaban J connectivity index is 2.15. The van der Waals surface area contributed by atoms with Gasteiger partial charge in [-0.15, -0.1) is 11.3 Å². The van der Waals surface area contributed by atoms with Crippen LogP contribution in [-0.2, 0) is 0 Å². The minimum absolute atomic E-state index is 0.656. The molecule has 2 aromatic rings. The van der Waals surface area contributed by atoms with Gasteiger partial charge in [0.15, 0.2) is 4.34 Å². The SMILES string of the molecule is Clc1ccc(Sc2nccs2)nc1. The summed E-state index contributed by atoms with van der Waals surface area (Å²) in [5.74, 6) is 0. The van der Waals surface area contributed by atoms with Crippen LogP contribution in [0.4, 0.5) is 0 Å². The number of hydrogen-bond donors (Lipinski definition) is 0. The first-order valence-electron chi connectivity index (χ1n) is 3.53. The van der Waals surface area contributed by atoms with Gasteiger partial charge in [0.1, 0.15) is 5.03 Å². The monoisotopic (exact) mass is 228 g/mol. The number of hydrogen-bond acceptors (Lipinski definition) is 4. The summed E-state index contributed by atoms with van der Waals surface area (Å²) in [4.78, 5) is 8.29. The molecule has 0 spiro atoms. The maximum absolute atomic E-state index is 5.71. The molecule has 66 valence electrons. The molecule has 0 bridgehead atoms. The number of pyridine rings is 1. The Morgan fingerprint density at radius 2 is 2.23 bits per heavy atom. The third-order valence-corrected chi connectivity index (χ3v) is 3.36. The van der Waals surface area contributed by atoms with Gasteiger partial charge in [-0.2, -0.15) is 0 Å². The Morgan fingerprint density at radius 1 is 1.31 bits per heavy atom. The number of aromatic nitrogens is 2. The normalized spacial score (nSPS) is 10.2. The van der Waals surface area contributed by atoms with Gasteiger partial charge in [0, 0.05) is 17.8 Å². The smallest absolute Gasteiger partial charge is 0.156 e. The number of thiazole rings is 1. The van der Waals surface area contributed by atoms with Crippen molar-refractivity contribution in [3.05, 3.63) is 34.9 Å². The highest BCUT2D eigenvalue weighted by Crippen LogP contribution is 2.27. The fourth-order valence-electron chi connectivity index (χ4n) is 0.773. The number of rotatable bonds is 2. The van der Waals surface area contributed by atoms with Crippen molar-refractivity contribution in [3.63, 3.8) is 0 Å². The fourth-order valence-corrected chi connectivity index (χ4v) is 2.39. The molecular formula is C8H5ClN2S2. The van der Waals surface area contributed by atoms with Crippen LogP contribution in [0.5, 0.6) is 0 Å². The van der Waals surface area contributed by atoms with Gasteiger partial charge in [-0.3, -0.25) is 0 Å². The predicted octanol–water partition coefficient (Wildman–Crippen LogP) is 3.34. The van der Waals surface area contributed by atoms with Crippen LogP contribution < -0.4 is 0 Å². The second-order valence-corrected chi connectivity index (χ2v) is 4.81. The summed E-state index contributed by atoms with van der Waals surface area (Å²) in [6.07, 6.45) is 3.42. The Hall–Kier alpha value is -0.580. The van der Waals surface area contributed by atoms with E-state index in [0.717, 1.165) is 9.37 Å². The zero-order chi connectivity index (χ0) is 9.10. The standard InChI is InChI=1S/C8H5ClN2S2/c9-6-1-2-7(11-5-6)13-8-10-3-4-12-8/h1-5H. The van der Waals surface area contributed by atoms with E-state index in [0.29, 0.717) is 5.02 Å². The van der Waals surface area contributed by atoms with E-state index in [-0.39, 0.29) is 0 Å². The number of nitrogens with zero attached hydrogens (tertiary/aromatic N) is 2. The van der Waals surface area contributed by atoms with Gasteiger partial charge in [-0.25, -0.2) is 9.97 Å². The van der Waals surface area contributed by atoms with Crippen molar-refractivity contribution in [2.24, 2.45) is 0 Å². The topological polar surface area (TPSA) is 25.8 Å². The van der Waals surface area contributed by atoms with Gasteiger partial charge in [-0.1, -0.05) is 11.6 Å². The van der Waals surface area contributed by atoms with Crippen molar-refractivity contribution in [3.8, 4) is 0 Å². The van der Waals surface area contributed by atoms with E-state index < -0.39 is 0 Å². The van der Waals surface area contributed by atoms with Gasteiger partial charge in [0.25, 0.3) is 0 Å². The van der Waals surface area contributed by atoms with E-state index in [2.05, 4.69) is 9.97 Å². The van der Waals surface area contributed by atoms with Gasteiger partial charge in [0.05, 0.1) is 5.02 Å². The van der Waals surface area contributed by atoms with Crippen molar-refractivity contribution in [1.82, 2.24) is 9.97 Å². The zero-order valence-electron chi connectivity index (χ0n) is 6.48. The summed E-state index contributed by atoms with van der Waals surface area (Å²) < 4.78 is 0.995. The molecule has 0 fully saturated rings. The lowest BCUT2D eigenvalue weighted by atomic mass is 10.5. The summed E-state index contributed by atoms with van der Waals surface area (Å²) in [5, 5.41) is 3.51. The molecular weight excluding hydrogens is 224 g/mol. The molecule has 13 heavy (non-hydrogen) atoms. The first-order valence-corrected chi connectivity index (χ1v) is 5.61. The van der Waals surface area contributed by atoms with Crippen molar-refractivity contribution >= 4 is 34.7 Å². The van der Waals surface area contributed by atoms with Crippen molar-refractivity contribution < 1.29 is 0 Å². The lowest BCUT2D eigenvalue weighted by molar-refractivity contribution is 1.12. The average molecular weight is 229 g/mol. The van der Waals surface area contributed by atoms with Crippen LogP contribution in [0.2, 0.25) is 5.02 Å². The highest BCUT2D eigenvalue weighted by molar-refractivity contribution is 8.00. The molecule has 2 nitrogen and oxygen atoms in total. The lowest BCUT2D eigenvalue weighted by Crippen LogP contribution is -1.77. The van der Waals surface area contributed by atoms with E-state index in [1.807, 2.05) is 17.5 Å². The van der Waals surface area contributed by atoms with E-state index in [1.165, 1.54) is 0 Å². The van der Waals surface area contributed by atoms with Crippen LogP contribution in [0.1, 0.15) is 0 Å². The zero-order valence-corrected chi connectivity index (χ0v) is 8.86. The highest BCUT2D eigenvalue weighted by Gasteiger charge is 1.99. The molecule has 0 saturated heterocycles. The maximum atomic E-state index is 5.71. The number of halogens is 1. The van der Waals surface area contributed by atoms with E-state index in [1.54, 1.807) is 35.5 Å². The fraction of sp³-hybridized carbons (Fsp3) is 0. The molecule has 0 aliphatic heterocycles. The van der Waals surface area contributed by atoms with Gasteiger partial charge in [-0.05, 0) is 23.9 Å². The third kappa shape index (κ3) is 2.43. The van der Waals surface area contributed by atoms with Crippen molar-refractivity contribution in [2.45, 2.75) is 9.37 Å². The van der Waals surface area contributed by atoms with Crippen LogP contribution in [0.15, 0.2) is 39.3 Å². The Kier molecular flexibility index (Phi) is 2.83. The van der Waals surface area contributed by atoms with Gasteiger partial charge >= 0.3 is 0 Å². The molecule has 2 aromatic heterocycles. The lowest BCUT2D eigenvalue weighted by Gasteiger charge is -1.95. The summed E-state index contributed by atoms with van der Waals surface area (Å²) in [6, 6.07) is 3.71. The largest absolute Gasteiger partial charge is 0.248 e. The summed E-state index contributed by atoms with van der Waals surface area (Å²) >= 11 is 8.85. The summed E-state index contributed by atoms with van der Waals surface area (Å²) in [5.41, 5.74) is 0. The minimum Gasteiger partial charge on any atom is -0.248 e. The second kappa shape index (κ2) is 4.09. The molecule has 0 N–H and O–H groups in total. The van der Waals surface area contributed by atoms with Crippen molar-refractivity contribution in [2.75, 3.05) is 0 Å². The molecule has 0 amide bonds. The van der Waals surface area contributed by atoms with Crippen LogP contribution in [0, 0.1) is 0 Å².